The number of ether oxygens (including phenoxy) is 1. The molecule has 6 nitrogen and oxygen atoms in total. The van der Waals surface area contributed by atoms with Gasteiger partial charge in [0.1, 0.15) is 0 Å². The number of alkyl halides is 3. The van der Waals surface area contributed by atoms with E-state index < -0.39 is 23.7 Å². The van der Waals surface area contributed by atoms with Crippen LogP contribution in [0, 0.1) is 6.92 Å². The standard InChI is InChI=1S/C18H17ClF3N3O3/c1-3-28-16(27)17(18(20,21)22,24-14-10-6-7-11(2)23-14)25-15(26)12-8-4-5-9-13(12)19/h4-10H,3H2,1-2H3,(H,23,24)(H,25,26)/p+1/t17-/m0/s1. The number of hydrogen-bond donors (Lipinski definition) is 2. The van der Waals surface area contributed by atoms with Gasteiger partial charge in [0, 0.05) is 6.07 Å². The monoisotopic (exact) mass is 416 g/mol. The van der Waals surface area contributed by atoms with Crippen molar-refractivity contribution in [3.8, 4) is 0 Å². The molecule has 3 N–H and O–H groups in total. The van der Waals surface area contributed by atoms with Crippen molar-refractivity contribution in [3.05, 3.63) is 58.7 Å². The SMILES string of the molecule is CCOC(=O)[C@@](NC(=O)c1ccccc1Cl)(Nc1cccc(C)[nH+]1)C(F)(F)F. The van der Waals surface area contributed by atoms with E-state index >= 15 is 0 Å². The molecule has 1 aromatic carbocycles. The van der Waals surface area contributed by atoms with Crippen LogP contribution in [0.15, 0.2) is 42.5 Å². The topological polar surface area (TPSA) is 81.6 Å². The highest BCUT2D eigenvalue weighted by atomic mass is 35.5. The number of amides is 1. The lowest BCUT2D eigenvalue weighted by molar-refractivity contribution is -0.372. The first-order valence-electron chi connectivity index (χ1n) is 8.19. The number of benzene rings is 1. The van der Waals surface area contributed by atoms with E-state index in [1.54, 1.807) is 18.3 Å². The molecule has 28 heavy (non-hydrogen) atoms. The third-order valence-electron chi connectivity index (χ3n) is 3.69. The third-order valence-corrected chi connectivity index (χ3v) is 4.02. The Bertz CT molecular complexity index is 876. The number of carbonyl (C=O) groups is 2. The quantitative estimate of drug-likeness (QED) is 0.560. The van der Waals surface area contributed by atoms with Crippen LogP contribution in [0.3, 0.4) is 0 Å². The molecular formula is C18H18ClF3N3O3+. The Morgan fingerprint density at radius 1 is 1.14 bits per heavy atom. The van der Waals surface area contributed by atoms with E-state index in [0.717, 1.165) is 0 Å². The number of nitrogens with one attached hydrogen (secondary N) is 3. The number of aryl methyl sites for hydroxylation is 1. The Labute approximate surface area is 164 Å². The molecule has 0 aliphatic rings. The molecule has 10 heteroatoms. The first kappa shape index (κ1) is 21.5. The van der Waals surface area contributed by atoms with Crippen LogP contribution >= 0.6 is 11.6 Å². The number of halogens is 4. The van der Waals surface area contributed by atoms with Crippen molar-refractivity contribution in [1.29, 1.82) is 0 Å². The summed E-state index contributed by atoms with van der Waals surface area (Å²) in [6.07, 6.45) is -5.24. The smallest absolute Gasteiger partial charge is 0.461 e. The maximum absolute atomic E-state index is 14.1. The molecule has 1 atom stereocenters. The number of anilines is 1. The fourth-order valence-electron chi connectivity index (χ4n) is 2.37. The zero-order valence-electron chi connectivity index (χ0n) is 15.0. The predicted octanol–water partition coefficient (Wildman–Crippen LogP) is 3.13. The molecule has 0 saturated carbocycles. The summed E-state index contributed by atoms with van der Waals surface area (Å²) in [5.41, 5.74) is -3.23. The molecule has 0 saturated heterocycles. The Kier molecular flexibility index (Phi) is 6.50. The minimum atomic E-state index is -5.24. The molecule has 0 radical (unpaired) electrons. The van der Waals surface area contributed by atoms with Crippen LogP contribution in [0.4, 0.5) is 19.0 Å². The molecule has 2 aromatic rings. The zero-order chi connectivity index (χ0) is 20.9. The summed E-state index contributed by atoms with van der Waals surface area (Å²) in [5, 5.41) is 3.71. The van der Waals surface area contributed by atoms with Gasteiger partial charge in [-0.3, -0.25) is 10.1 Å². The molecule has 150 valence electrons. The summed E-state index contributed by atoms with van der Waals surface area (Å²) >= 11 is 5.90. The highest BCUT2D eigenvalue weighted by Gasteiger charge is 2.68. The largest absolute Gasteiger partial charge is 0.464 e. The van der Waals surface area contributed by atoms with Gasteiger partial charge in [-0.25, -0.2) is 15.1 Å². The van der Waals surface area contributed by atoms with Gasteiger partial charge in [-0.2, -0.15) is 13.2 Å². The van der Waals surface area contributed by atoms with Gasteiger partial charge in [-0.15, -0.1) is 0 Å². The van der Waals surface area contributed by atoms with E-state index in [1.807, 2.05) is 5.32 Å². The summed E-state index contributed by atoms with van der Waals surface area (Å²) in [5.74, 6) is -3.06. The molecule has 0 spiro atoms. The van der Waals surface area contributed by atoms with Crippen LogP contribution in [0.25, 0.3) is 0 Å². The van der Waals surface area contributed by atoms with Crippen molar-refractivity contribution >= 4 is 29.3 Å². The molecular weight excluding hydrogens is 399 g/mol. The number of carbonyl (C=O) groups excluding carboxylic acids is 2. The number of H-pyrrole nitrogens is 1. The van der Waals surface area contributed by atoms with Crippen LogP contribution in [0.2, 0.25) is 5.02 Å². The fourth-order valence-corrected chi connectivity index (χ4v) is 2.59. The lowest BCUT2D eigenvalue weighted by Gasteiger charge is -2.30. The van der Waals surface area contributed by atoms with Gasteiger partial charge in [0.15, 0.2) is 0 Å². The van der Waals surface area contributed by atoms with E-state index in [-0.39, 0.29) is 23.0 Å². The van der Waals surface area contributed by atoms with Crippen molar-refractivity contribution in [2.75, 3.05) is 11.9 Å². The molecule has 1 heterocycles. The van der Waals surface area contributed by atoms with Crippen molar-refractivity contribution < 1.29 is 32.5 Å². The molecule has 0 aliphatic carbocycles. The second-order valence-corrected chi connectivity index (χ2v) is 6.18. The summed E-state index contributed by atoms with van der Waals surface area (Å²) in [7, 11) is 0. The van der Waals surface area contributed by atoms with E-state index in [4.69, 9.17) is 11.6 Å². The van der Waals surface area contributed by atoms with E-state index in [2.05, 4.69) is 9.72 Å². The molecule has 0 bridgehead atoms. The zero-order valence-corrected chi connectivity index (χ0v) is 15.7. The van der Waals surface area contributed by atoms with Crippen molar-refractivity contribution in [2.24, 2.45) is 0 Å². The molecule has 0 fully saturated rings. The predicted molar refractivity (Wildman–Crippen MR) is 95.7 cm³/mol. The van der Waals surface area contributed by atoms with E-state index in [1.165, 1.54) is 43.3 Å². The van der Waals surface area contributed by atoms with Crippen LogP contribution < -0.4 is 15.6 Å². The third kappa shape index (κ3) is 4.53. The van der Waals surface area contributed by atoms with Crippen molar-refractivity contribution in [3.63, 3.8) is 0 Å². The molecule has 2 rings (SSSR count). The number of pyridine rings is 1. The Morgan fingerprint density at radius 2 is 1.82 bits per heavy atom. The second-order valence-electron chi connectivity index (χ2n) is 5.77. The summed E-state index contributed by atoms with van der Waals surface area (Å²) < 4.78 is 46.9. The number of aromatic amines is 1. The number of hydrogen-bond acceptors (Lipinski definition) is 4. The minimum absolute atomic E-state index is 0.0675. The first-order valence-corrected chi connectivity index (χ1v) is 8.56. The maximum Gasteiger partial charge on any atom is 0.464 e. The molecule has 0 unspecified atom stereocenters. The lowest BCUT2D eigenvalue weighted by Crippen LogP contribution is -2.69. The normalized spacial score (nSPS) is 13.4. The summed E-state index contributed by atoms with van der Waals surface area (Å²) in [6.45, 7) is 2.65. The van der Waals surface area contributed by atoms with Gasteiger partial charge in [-0.05, 0) is 32.0 Å². The van der Waals surface area contributed by atoms with Gasteiger partial charge in [0.05, 0.1) is 22.9 Å². The number of aromatic nitrogens is 1. The van der Waals surface area contributed by atoms with Crippen molar-refractivity contribution in [2.45, 2.75) is 25.7 Å². The molecule has 0 aliphatic heterocycles. The van der Waals surface area contributed by atoms with Gasteiger partial charge in [0.2, 0.25) is 0 Å². The minimum Gasteiger partial charge on any atom is -0.461 e. The van der Waals surface area contributed by atoms with Gasteiger partial charge in [0.25, 0.3) is 11.7 Å². The Balaban J connectivity index is 2.54. The molecule has 1 amide bonds. The van der Waals surface area contributed by atoms with E-state index in [0.29, 0.717) is 5.69 Å². The average Bonchev–Trinajstić information content (AvgIpc) is 2.60. The summed E-state index contributed by atoms with van der Waals surface area (Å²) in [6, 6.07) is 9.92. The number of esters is 1. The highest BCUT2D eigenvalue weighted by molar-refractivity contribution is 6.33. The molecule has 1 aromatic heterocycles. The number of rotatable bonds is 6. The van der Waals surface area contributed by atoms with Gasteiger partial charge < -0.3 is 4.74 Å². The second kappa shape index (κ2) is 8.47. The van der Waals surface area contributed by atoms with E-state index in [9.17, 15) is 22.8 Å². The van der Waals surface area contributed by atoms with Crippen molar-refractivity contribution in [1.82, 2.24) is 5.32 Å². The van der Waals surface area contributed by atoms with Crippen LogP contribution in [-0.2, 0) is 9.53 Å². The van der Waals surface area contributed by atoms with Crippen LogP contribution in [0.1, 0.15) is 23.0 Å². The van der Waals surface area contributed by atoms with Crippen LogP contribution in [-0.4, -0.2) is 30.3 Å². The maximum atomic E-state index is 14.1. The van der Waals surface area contributed by atoms with Gasteiger partial charge in [-0.1, -0.05) is 29.8 Å². The van der Waals surface area contributed by atoms with Crippen LogP contribution in [0.5, 0.6) is 0 Å². The van der Waals surface area contributed by atoms with Gasteiger partial charge >= 0.3 is 17.8 Å². The first-order chi connectivity index (χ1) is 13.1. The average molecular weight is 417 g/mol. The highest BCUT2D eigenvalue weighted by Crippen LogP contribution is 2.33. The Hall–Kier alpha value is -2.81. The summed E-state index contributed by atoms with van der Waals surface area (Å²) in [4.78, 5) is 27.6. The lowest BCUT2D eigenvalue weighted by atomic mass is 10.1. The Morgan fingerprint density at radius 3 is 2.39 bits per heavy atom. The fraction of sp³-hybridized carbons (Fsp3) is 0.278.